The summed E-state index contributed by atoms with van der Waals surface area (Å²) in [6.07, 6.45) is 11.3. The van der Waals surface area contributed by atoms with E-state index in [1.165, 1.54) is 30.3 Å². The van der Waals surface area contributed by atoms with Gasteiger partial charge in [0.15, 0.2) is 11.5 Å². The van der Waals surface area contributed by atoms with E-state index in [0.29, 0.717) is 23.2 Å². The minimum absolute atomic E-state index is 0.0514. The topological polar surface area (TPSA) is 97.1 Å². The molecular formula is C26H40N4O3. The van der Waals surface area contributed by atoms with Crippen LogP contribution in [0.15, 0.2) is 6.20 Å². The number of hydrogen-bond acceptors (Lipinski definition) is 5. The van der Waals surface area contributed by atoms with Crippen molar-refractivity contribution in [3.63, 3.8) is 0 Å². The average molecular weight is 457 g/mol. The Morgan fingerprint density at radius 3 is 2.58 bits per heavy atom. The first-order chi connectivity index (χ1) is 15.6. The third-order valence-corrected chi connectivity index (χ3v) is 10.6. The van der Waals surface area contributed by atoms with Crippen LogP contribution in [0.5, 0.6) is 0 Å². The SMILES string of the molecule is CNC(=O)c1cnn(CC(=O)[C@H]2CC[C@H]3[C@@H]4CC[C@@H]5C[C@](C)(O)CC[C@]5(C)[C@H]4CC[C@]23C)n1. The molecule has 0 aliphatic heterocycles. The van der Waals surface area contributed by atoms with Crippen molar-refractivity contribution in [1.82, 2.24) is 20.3 Å². The molecule has 0 saturated heterocycles. The van der Waals surface area contributed by atoms with E-state index in [9.17, 15) is 14.7 Å². The van der Waals surface area contributed by atoms with E-state index < -0.39 is 5.60 Å². The lowest BCUT2D eigenvalue weighted by atomic mass is 9.44. The van der Waals surface area contributed by atoms with Gasteiger partial charge >= 0.3 is 0 Å². The van der Waals surface area contributed by atoms with Crippen molar-refractivity contribution >= 4 is 11.7 Å². The van der Waals surface area contributed by atoms with Crippen molar-refractivity contribution in [3.05, 3.63) is 11.9 Å². The number of ketones is 1. The number of aromatic nitrogens is 3. The standard InChI is InChI=1S/C26H40N4O3/c1-24(33)11-12-25(2)16(13-24)5-6-17-18-7-8-20(26(18,3)10-9-19(17)25)22(31)15-30-28-14-21(29-30)23(32)27-4/h14,16-20,33H,5-13,15H2,1-4H3,(H,27,32)/t16-,17+,18+,19+,20-,24-,25+,26+/m1/s1. The van der Waals surface area contributed by atoms with Crippen molar-refractivity contribution in [3.8, 4) is 0 Å². The lowest BCUT2D eigenvalue weighted by Crippen LogP contribution is -2.55. The van der Waals surface area contributed by atoms with Gasteiger partial charge in [0.25, 0.3) is 5.91 Å². The van der Waals surface area contributed by atoms with Gasteiger partial charge in [0.05, 0.1) is 11.8 Å². The molecule has 7 heteroatoms. The van der Waals surface area contributed by atoms with Crippen LogP contribution in [-0.4, -0.2) is 44.4 Å². The molecule has 4 aliphatic carbocycles. The van der Waals surface area contributed by atoms with Crippen LogP contribution in [0.4, 0.5) is 0 Å². The zero-order chi connectivity index (χ0) is 23.6. The molecule has 0 bridgehead atoms. The Labute approximate surface area is 197 Å². The van der Waals surface area contributed by atoms with Gasteiger partial charge < -0.3 is 10.4 Å². The first-order valence-electron chi connectivity index (χ1n) is 12.9. The van der Waals surface area contributed by atoms with Crippen molar-refractivity contribution in [1.29, 1.82) is 0 Å². The first kappa shape index (κ1) is 23.0. The number of rotatable bonds is 4. The van der Waals surface area contributed by atoms with Crippen molar-refractivity contribution in [2.45, 2.75) is 90.7 Å². The third-order valence-electron chi connectivity index (χ3n) is 10.6. The van der Waals surface area contributed by atoms with Crippen LogP contribution in [0.2, 0.25) is 0 Å². The van der Waals surface area contributed by atoms with E-state index >= 15 is 0 Å². The van der Waals surface area contributed by atoms with Crippen LogP contribution in [0.25, 0.3) is 0 Å². The first-order valence-corrected chi connectivity index (χ1v) is 12.9. The predicted molar refractivity (Wildman–Crippen MR) is 124 cm³/mol. The molecule has 0 aromatic carbocycles. The Hall–Kier alpha value is -1.76. The third kappa shape index (κ3) is 3.65. The monoisotopic (exact) mass is 456 g/mol. The van der Waals surface area contributed by atoms with Crippen LogP contribution in [-0.2, 0) is 11.3 Å². The zero-order valence-corrected chi connectivity index (χ0v) is 20.6. The maximum absolute atomic E-state index is 13.4. The number of amides is 1. The Morgan fingerprint density at radius 2 is 1.82 bits per heavy atom. The summed E-state index contributed by atoms with van der Waals surface area (Å²) >= 11 is 0. The number of hydrogen-bond donors (Lipinski definition) is 2. The predicted octanol–water partition coefficient (Wildman–Crippen LogP) is 3.62. The van der Waals surface area contributed by atoms with Crippen LogP contribution in [0, 0.1) is 40.4 Å². The summed E-state index contributed by atoms with van der Waals surface area (Å²) < 4.78 is 0. The van der Waals surface area contributed by atoms with E-state index in [2.05, 4.69) is 29.4 Å². The van der Waals surface area contributed by atoms with E-state index in [4.69, 9.17) is 0 Å². The highest BCUT2D eigenvalue weighted by Gasteiger charge is 2.61. The van der Waals surface area contributed by atoms with Gasteiger partial charge in [-0.1, -0.05) is 13.8 Å². The molecule has 5 rings (SSSR count). The van der Waals surface area contributed by atoms with Crippen LogP contribution >= 0.6 is 0 Å². The fourth-order valence-electron chi connectivity index (χ4n) is 8.82. The van der Waals surface area contributed by atoms with Crippen molar-refractivity contribution < 1.29 is 14.7 Å². The molecule has 4 saturated carbocycles. The zero-order valence-electron chi connectivity index (χ0n) is 20.6. The maximum atomic E-state index is 13.4. The highest BCUT2D eigenvalue weighted by Crippen LogP contribution is 2.68. The molecule has 2 N–H and O–H groups in total. The number of nitrogens with zero attached hydrogens (tertiary/aromatic N) is 3. The van der Waals surface area contributed by atoms with Gasteiger partial charge in [-0.3, -0.25) is 9.59 Å². The largest absolute Gasteiger partial charge is 0.390 e. The van der Waals surface area contributed by atoms with E-state index in [0.717, 1.165) is 44.4 Å². The normalized spacial score (nSPS) is 44.5. The molecule has 0 radical (unpaired) electrons. The highest BCUT2D eigenvalue weighted by atomic mass is 16.3. The molecule has 1 aromatic heterocycles. The van der Waals surface area contributed by atoms with Crippen LogP contribution in [0.1, 0.15) is 89.0 Å². The molecule has 0 spiro atoms. The van der Waals surface area contributed by atoms with Gasteiger partial charge in [0.2, 0.25) is 0 Å². The molecule has 1 heterocycles. The Balaban J connectivity index is 1.31. The molecule has 8 atom stereocenters. The number of carbonyl (C=O) groups is 2. The number of aliphatic hydroxyl groups is 1. The minimum Gasteiger partial charge on any atom is -0.390 e. The van der Waals surface area contributed by atoms with Crippen LogP contribution in [0.3, 0.4) is 0 Å². The molecule has 33 heavy (non-hydrogen) atoms. The second-order valence-electron chi connectivity index (χ2n) is 12.3. The summed E-state index contributed by atoms with van der Waals surface area (Å²) in [6.45, 7) is 7.05. The fourth-order valence-corrected chi connectivity index (χ4v) is 8.82. The van der Waals surface area contributed by atoms with Crippen LogP contribution < -0.4 is 5.32 Å². The summed E-state index contributed by atoms with van der Waals surface area (Å²) in [7, 11) is 1.56. The second-order valence-corrected chi connectivity index (χ2v) is 12.3. The molecule has 182 valence electrons. The summed E-state index contributed by atoms with van der Waals surface area (Å²) in [5.74, 6) is 2.65. The van der Waals surface area contributed by atoms with Gasteiger partial charge in [0, 0.05) is 13.0 Å². The molecule has 7 nitrogen and oxygen atoms in total. The Kier molecular flexibility index (Phi) is 5.50. The fraction of sp³-hybridized carbons (Fsp3) is 0.846. The molecule has 0 unspecified atom stereocenters. The molecule has 1 amide bonds. The lowest BCUT2D eigenvalue weighted by molar-refractivity contribution is -0.151. The van der Waals surface area contributed by atoms with E-state index in [-0.39, 0.29) is 35.3 Å². The molecule has 4 fully saturated rings. The van der Waals surface area contributed by atoms with Gasteiger partial charge in [-0.2, -0.15) is 9.90 Å². The minimum atomic E-state index is -0.497. The number of carbonyl (C=O) groups excluding carboxylic acids is 2. The highest BCUT2D eigenvalue weighted by molar-refractivity contribution is 5.91. The summed E-state index contributed by atoms with van der Waals surface area (Å²) in [4.78, 5) is 26.6. The summed E-state index contributed by atoms with van der Waals surface area (Å²) in [5, 5.41) is 21.6. The van der Waals surface area contributed by atoms with Crippen molar-refractivity contribution in [2.75, 3.05) is 7.05 Å². The van der Waals surface area contributed by atoms with Crippen molar-refractivity contribution in [2.24, 2.45) is 40.4 Å². The average Bonchev–Trinajstić information content (AvgIpc) is 3.37. The maximum Gasteiger partial charge on any atom is 0.273 e. The quantitative estimate of drug-likeness (QED) is 0.721. The van der Waals surface area contributed by atoms with Gasteiger partial charge in [-0.05, 0) is 99.2 Å². The molecule has 4 aliphatic rings. The van der Waals surface area contributed by atoms with E-state index in [1.54, 1.807) is 7.05 Å². The van der Waals surface area contributed by atoms with Gasteiger partial charge in [0.1, 0.15) is 6.54 Å². The number of nitrogens with one attached hydrogen (secondary N) is 1. The molecule has 1 aromatic rings. The van der Waals surface area contributed by atoms with Gasteiger partial charge in [-0.25, -0.2) is 0 Å². The smallest absolute Gasteiger partial charge is 0.273 e. The summed E-state index contributed by atoms with van der Waals surface area (Å²) in [5.41, 5.74) is 0.142. The number of Topliss-reactive ketones (excluding diaryl/α,β-unsaturated/α-hetero) is 1. The Bertz CT molecular complexity index is 942. The van der Waals surface area contributed by atoms with E-state index in [1.807, 2.05) is 6.92 Å². The summed E-state index contributed by atoms with van der Waals surface area (Å²) in [6, 6.07) is 0. The lowest BCUT2D eigenvalue weighted by Gasteiger charge is -2.61. The second kappa shape index (κ2) is 7.89. The number of fused-ring (bicyclic) bond motifs is 5. The molecular weight excluding hydrogens is 416 g/mol. The Morgan fingerprint density at radius 1 is 1.06 bits per heavy atom. The van der Waals surface area contributed by atoms with Gasteiger partial charge in [-0.15, -0.1) is 5.10 Å².